The molecule has 10 nitrogen and oxygen atoms in total. The molecule has 3 aromatic carbocycles. The third-order valence-corrected chi connectivity index (χ3v) is 9.16. The maximum atomic E-state index is 13.1. The van der Waals surface area contributed by atoms with E-state index in [1.165, 1.54) is 24.3 Å². The molecule has 0 spiro atoms. The molecule has 0 aliphatic heterocycles. The SMILES string of the molecule is O=C1c2ccccc2C(=O)c2c1c(O)c1cc(S(=O)(=O)CCO)c(S(=O)(=O)CCO)cc1c2O. The van der Waals surface area contributed by atoms with Crippen molar-refractivity contribution < 1.29 is 46.9 Å². The number of phenolic OH excluding ortho intramolecular Hbond substituents is 2. The Hall–Kier alpha value is -3.32. The molecule has 1 aliphatic carbocycles. The molecular formula is C22H18O10S2. The van der Waals surface area contributed by atoms with Crippen LogP contribution in [0.2, 0.25) is 0 Å². The molecule has 3 aromatic rings. The van der Waals surface area contributed by atoms with Gasteiger partial charge in [-0.3, -0.25) is 9.59 Å². The van der Waals surface area contributed by atoms with E-state index in [0.717, 1.165) is 12.1 Å². The van der Waals surface area contributed by atoms with Gasteiger partial charge in [-0.25, -0.2) is 16.8 Å². The zero-order chi connectivity index (χ0) is 25.0. The molecule has 0 fully saturated rings. The summed E-state index contributed by atoms with van der Waals surface area (Å²) >= 11 is 0. The summed E-state index contributed by atoms with van der Waals surface area (Å²) in [6, 6.07) is 7.29. The average Bonchev–Trinajstić information content (AvgIpc) is 2.79. The van der Waals surface area contributed by atoms with E-state index in [-0.39, 0.29) is 21.9 Å². The fraction of sp³-hybridized carbons (Fsp3) is 0.182. The van der Waals surface area contributed by atoms with Gasteiger partial charge in [0.25, 0.3) is 0 Å². The lowest BCUT2D eigenvalue weighted by molar-refractivity contribution is 0.0974. The third-order valence-electron chi connectivity index (χ3n) is 5.58. The van der Waals surface area contributed by atoms with Gasteiger partial charge in [0.15, 0.2) is 31.2 Å². The van der Waals surface area contributed by atoms with E-state index in [9.17, 15) is 36.6 Å². The van der Waals surface area contributed by atoms with Crippen LogP contribution >= 0.6 is 0 Å². The lowest BCUT2D eigenvalue weighted by atomic mass is 9.81. The molecule has 1 aliphatic rings. The number of aliphatic hydroxyl groups is 2. The van der Waals surface area contributed by atoms with Gasteiger partial charge in [0.1, 0.15) is 11.5 Å². The van der Waals surface area contributed by atoms with Crippen molar-refractivity contribution in [2.75, 3.05) is 24.7 Å². The van der Waals surface area contributed by atoms with Crippen molar-refractivity contribution in [1.29, 1.82) is 0 Å². The Morgan fingerprint density at radius 1 is 0.647 bits per heavy atom. The lowest BCUT2D eigenvalue weighted by Crippen LogP contribution is -2.22. The van der Waals surface area contributed by atoms with Crippen molar-refractivity contribution in [1.82, 2.24) is 0 Å². The second-order valence-corrected chi connectivity index (χ2v) is 11.7. The van der Waals surface area contributed by atoms with Crippen LogP contribution in [0.5, 0.6) is 11.5 Å². The van der Waals surface area contributed by atoms with E-state index < -0.39 is 88.4 Å². The first-order valence-electron chi connectivity index (χ1n) is 9.87. The van der Waals surface area contributed by atoms with Gasteiger partial charge >= 0.3 is 0 Å². The van der Waals surface area contributed by atoms with Crippen LogP contribution in [0.4, 0.5) is 0 Å². The van der Waals surface area contributed by atoms with Gasteiger partial charge in [0.2, 0.25) is 0 Å². The standard InChI is InChI=1S/C22H18O10S2/c23-5-7-33(29,30)15-9-13-14(10-16(15)34(31,32)8-6-24)22(28)18-17(21(13)27)19(25)11-3-1-2-4-12(11)20(18)26/h1-4,9-10,23-24,27-28H,5-8H2. The van der Waals surface area contributed by atoms with Gasteiger partial charge in [-0.15, -0.1) is 0 Å². The smallest absolute Gasteiger partial charge is 0.198 e. The average molecular weight is 507 g/mol. The molecule has 0 unspecified atom stereocenters. The molecule has 0 saturated heterocycles. The number of sulfone groups is 2. The monoisotopic (exact) mass is 506 g/mol. The summed E-state index contributed by atoms with van der Waals surface area (Å²) in [6.45, 7) is -1.66. The van der Waals surface area contributed by atoms with Crippen molar-refractivity contribution in [2.45, 2.75) is 9.79 Å². The van der Waals surface area contributed by atoms with Crippen molar-refractivity contribution in [2.24, 2.45) is 0 Å². The Bertz CT molecular complexity index is 1480. The Morgan fingerprint density at radius 2 is 1.00 bits per heavy atom. The number of phenols is 2. The predicted molar refractivity (Wildman–Crippen MR) is 119 cm³/mol. The first-order valence-corrected chi connectivity index (χ1v) is 13.2. The Balaban J connectivity index is 2.16. The van der Waals surface area contributed by atoms with Crippen LogP contribution in [0.15, 0.2) is 46.2 Å². The van der Waals surface area contributed by atoms with Gasteiger partial charge in [0, 0.05) is 21.9 Å². The molecule has 4 rings (SSSR count). The Labute approximate surface area is 193 Å². The van der Waals surface area contributed by atoms with E-state index in [1.54, 1.807) is 0 Å². The van der Waals surface area contributed by atoms with Crippen LogP contribution in [0.3, 0.4) is 0 Å². The highest BCUT2D eigenvalue weighted by Gasteiger charge is 2.37. The maximum absolute atomic E-state index is 13.1. The number of fused-ring (bicyclic) bond motifs is 3. The molecule has 0 saturated carbocycles. The minimum absolute atomic E-state index is 0.0238. The van der Waals surface area contributed by atoms with E-state index in [2.05, 4.69) is 0 Å². The maximum Gasteiger partial charge on any atom is 0.198 e. The summed E-state index contributed by atoms with van der Waals surface area (Å²) < 4.78 is 51.0. The van der Waals surface area contributed by atoms with Crippen LogP contribution in [0.1, 0.15) is 31.8 Å². The molecule has 4 N–H and O–H groups in total. The third kappa shape index (κ3) is 3.46. The molecule has 0 atom stereocenters. The van der Waals surface area contributed by atoms with Crippen LogP contribution in [0.25, 0.3) is 10.8 Å². The normalized spacial score (nSPS) is 13.7. The number of hydrogen-bond donors (Lipinski definition) is 4. The van der Waals surface area contributed by atoms with Gasteiger partial charge in [-0.1, -0.05) is 24.3 Å². The van der Waals surface area contributed by atoms with Crippen molar-refractivity contribution >= 4 is 42.0 Å². The van der Waals surface area contributed by atoms with Crippen LogP contribution in [-0.2, 0) is 19.7 Å². The summed E-state index contributed by atoms with van der Waals surface area (Å²) in [6.07, 6.45) is 0. The Morgan fingerprint density at radius 3 is 1.32 bits per heavy atom. The zero-order valence-electron chi connectivity index (χ0n) is 17.3. The fourth-order valence-electron chi connectivity index (χ4n) is 3.99. The van der Waals surface area contributed by atoms with Crippen LogP contribution < -0.4 is 0 Å². The van der Waals surface area contributed by atoms with Crippen molar-refractivity contribution in [3.05, 3.63) is 58.7 Å². The first-order chi connectivity index (χ1) is 16.0. The largest absolute Gasteiger partial charge is 0.506 e. The van der Waals surface area contributed by atoms with Gasteiger partial charge < -0.3 is 20.4 Å². The highest BCUT2D eigenvalue weighted by molar-refractivity contribution is 7.94. The number of benzene rings is 3. The molecule has 0 amide bonds. The van der Waals surface area contributed by atoms with Gasteiger partial charge in [-0.2, -0.15) is 0 Å². The molecule has 0 radical (unpaired) electrons. The minimum Gasteiger partial charge on any atom is -0.506 e. The molecule has 0 heterocycles. The summed E-state index contributed by atoms with van der Waals surface area (Å²) in [5.41, 5.74) is -1.12. The molecule has 12 heteroatoms. The lowest BCUT2D eigenvalue weighted by Gasteiger charge is -2.22. The number of carbonyl (C=O) groups excluding carboxylic acids is 2. The highest BCUT2D eigenvalue weighted by atomic mass is 32.2. The van der Waals surface area contributed by atoms with E-state index in [4.69, 9.17) is 10.2 Å². The summed E-state index contributed by atoms with van der Waals surface area (Å²) in [7, 11) is -8.83. The molecule has 34 heavy (non-hydrogen) atoms. The van der Waals surface area contributed by atoms with E-state index in [0.29, 0.717) is 0 Å². The molecule has 178 valence electrons. The quantitative estimate of drug-likeness (QED) is 0.269. The predicted octanol–water partition coefficient (Wildman–Crippen LogP) is 0.558. The van der Waals surface area contributed by atoms with E-state index >= 15 is 0 Å². The highest BCUT2D eigenvalue weighted by Crippen LogP contribution is 2.46. The molecule has 0 aromatic heterocycles. The molecule has 0 bridgehead atoms. The number of hydrogen-bond acceptors (Lipinski definition) is 10. The second kappa shape index (κ2) is 8.17. The number of ketones is 2. The van der Waals surface area contributed by atoms with Gasteiger partial charge in [0.05, 0.1) is 45.6 Å². The first kappa shape index (κ1) is 23.8. The zero-order valence-corrected chi connectivity index (χ0v) is 19.0. The summed E-state index contributed by atoms with van der Waals surface area (Å²) in [5, 5.41) is 39.4. The Kier molecular flexibility index (Phi) is 5.72. The van der Waals surface area contributed by atoms with Crippen LogP contribution in [-0.4, -0.2) is 73.5 Å². The number of aromatic hydroxyl groups is 2. The fourth-order valence-corrected chi connectivity index (χ4v) is 7.00. The number of carbonyl (C=O) groups is 2. The van der Waals surface area contributed by atoms with Crippen molar-refractivity contribution in [3.63, 3.8) is 0 Å². The number of aliphatic hydroxyl groups excluding tert-OH is 2. The minimum atomic E-state index is -4.41. The van der Waals surface area contributed by atoms with Gasteiger partial charge in [-0.05, 0) is 12.1 Å². The van der Waals surface area contributed by atoms with Crippen molar-refractivity contribution in [3.8, 4) is 11.5 Å². The van der Waals surface area contributed by atoms with Crippen LogP contribution in [0, 0.1) is 0 Å². The second-order valence-electron chi connectivity index (χ2n) is 7.58. The molecular weight excluding hydrogens is 488 g/mol. The summed E-state index contributed by atoms with van der Waals surface area (Å²) in [4.78, 5) is 24.6. The number of rotatable bonds is 6. The van der Waals surface area contributed by atoms with E-state index in [1.807, 2.05) is 0 Å². The summed E-state index contributed by atoms with van der Waals surface area (Å²) in [5.74, 6) is -4.86. The topological polar surface area (TPSA) is 183 Å².